The van der Waals surface area contributed by atoms with E-state index in [0.29, 0.717) is 0 Å². The molecule has 112 valence electrons. The van der Waals surface area contributed by atoms with Crippen molar-refractivity contribution in [1.29, 1.82) is 0 Å². The Morgan fingerprint density at radius 3 is 1.05 bits per heavy atom. The largest absolute Gasteiger partial charge is 0.870 e. The first kappa shape index (κ1) is 16.4. The second kappa shape index (κ2) is 7.35. The molecule has 0 bridgehead atoms. The number of hydrogen-bond donors (Lipinski definition) is 0. The second-order valence-corrected chi connectivity index (χ2v) is 8.93. The van der Waals surface area contributed by atoms with Gasteiger partial charge in [0, 0.05) is 0 Å². The van der Waals surface area contributed by atoms with Crippen LogP contribution >= 0.6 is 7.26 Å². The first-order valence-corrected chi connectivity index (χ1v) is 9.40. The van der Waals surface area contributed by atoms with Crippen molar-refractivity contribution in [3.63, 3.8) is 0 Å². The van der Waals surface area contributed by atoms with Gasteiger partial charge in [-0.05, 0) is 43.3 Å². The Hall–Kier alpha value is -1.95. The van der Waals surface area contributed by atoms with Crippen molar-refractivity contribution in [3.8, 4) is 0 Å². The van der Waals surface area contributed by atoms with Gasteiger partial charge in [-0.15, -0.1) is 0 Å². The minimum Gasteiger partial charge on any atom is -0.870 e. The van der Waals surface area contributed by atoms with Crippen LogP contribution in [0.5, 0.6) is 0 Å². The second-order valence-electron chi connectivity index (χ2n) is 5.13. The van der Waals surface area contributed by atoms with Crippen molar-refractivity contribution >= 4 is 23.2 Å². The molecule has 3 aromatic carbocycles. The predicted octanol–water partition coefficient (Wildman–Crippen LogP) is 3.82. The Bertz CT molecular complexity index is 584. The molecule has 0 atom stereocenters. The van der Waals surface area contributed by atoms with Crippen molar-refractivity contribution in [2.45, 2.75) is 6.92 Å². The van der Waals surface area contributed by atoms with Crippen molar-refractivity contribution in [2.75, 3.05) is 6.16 Å². The van der Waals surface area contributed by atoms with Gasteiger partial charge in [0.2, 0.25) is 0 Å². The molecule has 0 saturated heterocycles. The van der Waals surface area contributed by atoms with Crippen molar-refractivity contribution in [2.24, 2.45) is 0 Å². The molecule has 3 aromatic rings. The lowest BCUT2D eigenvalue weighted by molar-refractivity contribution is 0.824. The van der Waals surface area contributed by atoms with E-state index in [1.807, 2.05) is 0 Å². The molecule has 0 aliphatic carbocycles. The zero-order valence-electron chi connectivity index (χ0n) is 12.8. The van der Waals surface area contributed by atoms with E-state index in [1.165, 1.54) is 15.9 Å². The Morgan fingerprint density at radius 1 is 0.545 bits per heavy atom. The highest BCUT2D eigenvalue weighted by Gasteiger charge is 2.43. The molecule has 0 saturated carbocycles. The molecule has 0 unspecified atom stereocenters. The van der Waals surface area contributed by atoms with E-state index in [1.54, 1.807) is 0 Å². The van der Waals surface area contributed by atoms with Gasteiger partial charge in [-0.1, -0.05) is 54.6 Å². The molecule has 22 heavy (non-hydrogen) atoms. The molecule has 1 nitrogen and oxygen atoms in total. The highest BCUT2D eigenvalue weighted by molar-refractivity contribution is 7.95. The third-order valence-electron chi connectivity index (χ3n) is 4.07. The molecular formula is C20H21OP. The van der Waals surface area contributed by atoms with Crippen LogP contribution in [-0.4, -0.2) is 11.6 Å². The lowest BCUT2D eigenvalue weighted by Gasteiger charge is -2.26. The van der Waals surface area contributed by atoms with E-state index < -0.39 is 7.26 Å². The van der Waals surface area contributed by atoms with Gasteiger partial charge < -0.3 is 5.48 Å². The van der Waals surface area contributed by atoms with E-state index in [-0.39, 0.29) is 5.48 Å². The van der Waals surface area contributed by atoms with Crippen molar-refractivity contribution in [3.05, 3.63) is 91.0 Å². The Morgan fingerprint density at radius 2 is 0.818 bits per heavy atom. The predicted molar refractivity (Wildman–Crippen MR) is 97.6 cm³/mol. The van der Waals surface area contributed by atoms with Crippen molar-refractivity contribution < 1.29 is 5.48 Å². The number of benzene rings is 3. The van der Waals surface area contributed by atoms with E-state index in [9.17, 15) is 0 Å². The summed E-state index contributed by atoms with van der Waals surface area (Å²) >= 11 is 0. The quantitative estimate of drug-likeness (QED) is 0.674. The molecule has 1 N–H and O–H groups in total. The number of rotatable bonds is 4. The van der Waals surface area contributed by atoms with Gasteiger partial charge in [0.1, 0.15) is 23.2 Å². The molecule has 0 amide bonds. The molecule has 0 aromatic heterocycles. The zero-order valence-corrected chi connectivity index (χ0v) is 13.7. The van der Waals surface area contributed by atoms with Crippen LogP contribution in [0, 0.1) is 0 Å². The van der Waals surface area contributed by atoms with Crippen LogP contribution in [0.15, 0.2) is 91.0 Å². The maximum Gasteiger partial charge on any atom is 0.111 e. The summed E-state index contributed by atoms with van der Waals surface area (Å²) in [5.74, 6) is 0. The minimum absolute atomic E-state index is 0. The Labute approximate surface area is 133 Å². The molecule has 0 fully saturated rings. The van der Waals surface area contributed by atoms with Crippen LogP contribution in [0.1, 0.15) is 6.92 Å². The standard InChI is InChI=1S/C20H20P.H2O/c1-2-21(18-12-6-3-7-13-18,19-14-8-4-9-15-19)20-16-10-5-11-17-20;/h3-17H,2H2,1H3;1H2/q+1;/p-1. The summed E-state index contributed by atoms with van der Waals surface area (Å²) in [5.41, 5.74) is 0. The highest BCUT2D eigenvalue weighted by Crippen LogP contribution is 2.54. The van der Waals surface area contributed by atoms with Gasteiger partial charge in [-0.25, -0.2) is 0 Å². The smallest absolute Gasteiger partial charge is 0.111 e. The first-order chi connectivity index (χ1) is 10.4. The Balaban J connectivity index is 0.00000176. The fourth-order valence-electron chi connectivity index (χ4n) is 3.04. The van der Waals surface area contributed by atoms with Crippen molar-refractivity contribution in [1.82, 2.24) is 0 Å². The van der Waals surface area contributed by atoms with Gasteiger partial charge in [-0.3, -0.25) is 0 Å². The van der Waals surface area contributed by atoms with E-state index >= 15 is 0 Å². The van der Waals surface area contributed by atoms with Crippen LogP contribution in [0.4, 0.5) is 0 Å². The van der Waals surface area contributed by atoms with Crippen LogP contribution in [0.3, 0.4) is 0 Å². The van der Waals surface area contributed by atoms with Gasteiger partial charge in [0.25, 0.3) is 0 Å². The van der Waals surface area contributed by atoms with Crippen LogP contribution in [0.25, 0.3) is 0 Å². The average molecular weight is 308 g/mol. The lowest BCUT2D eigenvalue weighted by atomic mass is 10.4. The summed E-state index contributed by atoms with van der Waals surface area (Å²) in [6, 6.07) is 33.0. The van der Waals surface area contributed by atoms with Gasteiger partial charge in [-0.2, -0.15) is 0 Å². The maximum absolute atomic E-state index is 2.32. The topological polar surface area (TPSA) is 30.0 Å². The fourth-order valence-corrected chi connectivity index (χ4v) is 7.08. The summed E-state index contributed by atoms with van der Waals surface area (Å²) in [4.78, 5) is 0. The summed E-state index contributed by atoms with van der Waals surface area (Å²) in [5, 5.41) is 4.39. The lowest BCUT2D eigenvalue weighted by Crippen LogP contribution is -2.32. The van der Waals surface area contributed by atoms with Gasteiger partial charge in [0.15, 0.2) is 0 Å². The summed E-state index contributed by atoms with van der Waals surface area (Å²) in [7, 11) is -1.53. The molecule has 0 radical (unpaired) electrons. The summed E-state index contributed by atoms with van der Waals surface area (Å²) in [6.45, 7) is 2.32. The Kier molecular flexibility index (Phi) is 5.49. The molecule has 0 aliphatic rings. The zero-order chi connectivity index (χ0) is 14.5. The SMILES string of the molecule is CC[P+](c1ccccc1)(c1ccccc1)c1ccccc1.[OH-]. The first-order valence-electron chi connectivity index (χ1n) is 7.43. The highest BCUT2D eigenvalue weighted by atomic mass is 31.2. The van der Waals surface area contributed by atoms with Gasteiger partial charge >= 0.3 is 0 Å². The monoisotopic (exact) mass is 308 g/mol. The maximum atomic E-state index is 2.32. The normalized spacial score (nSPS) is 10.8. The molecule has 0 spiro atoms. The number of hydrogen-bond acceptors (Lipinski definition) is 1. The molecular weight excluding hydrogens is 287 g/mol. The van der Waals surface area contributed by atoms with Crippen LogP contribution in [-0.2, 0) is 0 Å². The van der Waals surface area contributed by atoms with Crippen LogP contribution in [0.2, 0.25) is 0 Å². The summed E-state index contributed by atoms with van der Waals surface area (Å²) < 4.78 is 0. The third kappa shape index (κ3) is 2.83. The molecule has 0 heterocycles. The van der Waals surface area contributed by atoms with Gasteiger partial charge in [0.05, 0.1) is 6.16 Å². The fraction of sp³-hybridized carbons (Fsp3) is 0.100. The van der Waals surface area contributed by atoms with Crippen LogP contribution < -0.4 is 15.9 Å². The third-order valence-corrected chi connectivity index (χ3v) is 8.55. The molecule has 3 rings (SSSR count). The summed E-state index contributed by atoms with van der Waals surface area (Å²) in [6.07, 6.45) is 1.14. The van der Waals surface area contributed by atoms with E-state index in [0.717, 1.165) is 6.16 Å². The molecule has 2 heteroatoms. The molecule has 0 aliphatic heterocycles. The van der Waals surface area contributed by atoms with E-state index in [4.69, 9.17) is 0 Å². The minimum atomic E-state index is -1.53. The van der Waals surface area contributed by atoms with E-state index in [2.05, 4.69) is 97.9 Å². The average Bonchev–Trinajstić information content (AvgIpc) is 2.59.